The van der Waals surface area contributed by atoms with E-state index in [4.69, 9.17) is 11.6 Å². The second kappa shape index (κ2) is 6.14. The van der Waals surface area contributed by atoms with E-state index in [1.807, 2.05) is 24.3 Å². The average Bonchev–Trinajstić information content (AvgIpc) is 2.19. The SMILES string of the molecule is CCCC(C)C(CO)c1cccc(Cl)c1. The molecule has 0 radical (unpaired) electrons. The lowest BCUT2D eigenvalue weighted by Gasteiger charge is -2.22. The minimum Gasteiger partial charge on any atom is -0.396 e. The van der Waals surface area contributed by atoms with Crippen molar-refractivity contribution >= 4 is 11.6 Å². The van der Waals surface area contributed by atoms with Gasteiger partial charge in [0, 0.05) is 10.9 Å². The van der Waals surface area contributed by atoms with Gasteiger partial charge in [-0.2, -0.15) is 0 Å². The number of aliphatic hydroxyl groups is 1. The molecule has 0 amide bonds. The summed E-state index contributed by atoms with van der Waals surface area (Å²) >= 11 is 5.95. The monoisotopic (exact) mass is 226 g/mol. The van der Waals surface area contributed by atoms with Gasteiger partial charge in [0.1, 0.15) is 0 Å². The van der Waals surface area contributed by atoms with Crippen LogP contribution in [0.3, 0.4) is 0 Å². The van der Waals surface area contributed by atoms with Crippen molar-refractivity contribution in [2.45, 2.75) is 32.6 Å². The predicted molar refractivity (Wildman–Crippen MR) is 65.4 cm³/mol. The van der Waals surface area contributed by atoms with E-state index in [0.29, 0.717) is 5.92 Å². The lowest BCUT2D eigenvalue weighted by molar-refractivity contribution is 0.226. The first-order valence-corrected chi connectivity index (χ1v) is 5.93. The molecule has 0 spiro atoms. The molecule has 1 aromatic rings. The Morgan fingerprint density at radius 3 is 2.67 bits per heavy atom. The number of hydrogen-bond donors (Lipinski definition) is 1. The average molecular weight is 227 g/mol. The summed E-state index contributed by atoms with van der Waals surface area (Å²) in [5.74, 6) is 0.710. The topological polar surface area (TPSA) is 20.2 Å². The molecule has 0 saturated heterocycles. The Hall–Kier alpha value is -0.530. The maximum absolute atomic E-state index is 9.42. The van der Waals surface area contributed by atoms with E-state index in [0.717, 1.165) is 23.4 Å². The van der Waals surface area contributed by atoms with Crippen LogP contribution in [0.4, 0.5) is 0 Å². The van der Waals surface area contributed by atoms with Crippen LogP contribution >= 0.6 is 11.6 Å². The minimum absolute atomic E-state index is 0.196. The fourth-order valence-electron chi connectivity index (χ4n) is 2.01. The molecule has 1 rings (SSSR count). The van der Waals surface area contributed by atoms with Crippen molar-refractivity contribution in [1.82, 2.24) is 0 Å². The van der Waals surface area contributed by atoms with Crippen molar-refractivity contribution in [2.24, 2.45) is 5.92 Å². The van der Waals surface area contributed by atoms with Crippen molar-refractivity contribution in [3.05, 3.63) is 34.9 Å². The first-order valence-electron chi connectivity index (χ1n) is 5.55. The zero-order valence-corrected chi connectivity index (χ0v) is 10.2. The first-order chi connectivity index (χ1) is 7.19. The Labute approximate surface area is 97.1 Å². The second-order valence-electron chi connectivity index (χ2n) is 4.11. The van der Waals surface area contributed by atoms with E-state index in [-0.39, 0.29) is 12.5 Å². The molecule has 2 atom stereocenters. The van der Waals surface area contributed by atoms with Gasteiger partial charge in [-0.15, -0.1) is 0 Å². The summed E-state index contributed by atoms with van der Waals surface area (Å²) in [6.45, 7) is 4.55. The molecule has 0 aromatic heterocycles. The highest BCUT2D eigenvalue weighted by Gasteiger charge is 2.17. The number of halogens is 1. The molecule has 0 bridgehead atoms. The molecule has 0 saturated carbocycles. The van der Waals surface area contributed by atoms with Crippen molar-refractivity contribution in [2.75, 3.05) is 6.61 Å². The fraction of sp³-hybridized carbons (Fsp3) is 0.538. The zero-order valence-electron chi connectivity index (χ0n) is 9.41. The lowest BCUT2D eigenvalue weighted by atomic mass is 9.85. The van der Waals surface area contributed by atoms with E-state index in [9.17, 15) is 5.11 Å². The Morgan fingerprint density at radius 2 is 2.13 bits per heavy atom. The second-order valence-corrected chi connectivity index (χ2v) is 4.55. The summed E-state index contributed by atoms with van der Waals surface area (Å²) in [4.78, 5) is 0. The van der Waals surface area contributed by atoms with Gasteiger partial charge in [-0.3, -0.25) is 0 Å². The summed E-state index contributed by atoms with van der Waals surface area (Å²) in [7, 11) is 0. The molecular weight excluding hydrogens is 208 g/mol. The van der Waals surface area contributed by atoms with Gasteiger partial charge in [0.2, 0.25) is 0 Å². The molecule has 2 heteroatoms. The highest BCUT2D eigenvalue weighted by atomic mass is 35.5. The van der Waals surface area contributed by atoms with Crippen LogP contribution in [0.15, 0.2) is 24.3 Å². The van der Waals surface area contributed by atoms with Gasteiger partial charge in [-0.05, 0) is 23.6 Å². The van der Waals surface area contributed by atoms with Crippen LogP contribution in [-0.2, 0) is 0 Å². The maximum Gasteiger partial charge on any atom is 0.0502 e. The van der Waals surface area contributed by atoms with Crippen LogP contribution in [0, 0.1) is 5.92 Å². The van der Waals surface area contributed by atoms with Gasteiger partial charge >= 0.3 is 0 Å². The maximum atomic E-state index is 9.42. The summed E-state index contributed by atoms with van der Waals surface area (Å²) in [5, 5.41) is 10.2. The highest BCUT2D eigenvalue weighted by molar-refractivity contribution is 6.30. The Morgan fingerprint density at radius 1 is 1.40 bits per heavy atom. The molecule has 0 aliphatic rings. The Kier molecular flexibility index (Phi) is 5.13. The third-order valence-corrected chi connectivity index (χ3v) is 3.14. The number of benzene rings is 1. The van der Waals surface area contributed by atoms with Gasteiger partial charge in [0.15, 0.2) is 0 Å². The molecule has 84 valence electrons. The first kappa shape index (κ1) is 12.5. The lowest BCUT2D eigenvalue weighted by Crippen LogP contribution is -2.13. The van der Waals surface area contributed by atoms with Crippen LogP contribution in [0.1, 0.15) is 38.2 Å². The van der Waals surface area contributed by atoms with Crippen LogP contribution in [0.5, 0.6) is 0 Å². The molecule has 0 aliphatic heterocycles. The molecule has 2 unspecified atom stereocenters. The van der Waals surface area contributed by atoms with Gasteiger partial charge in [0.05, 0.1) is 6.61 Å². The van der Waals surface area contributed by atoms with Crippen molar-refractivity contribution in [1.29, 1.82) is 0 Å². The quantitative estimate of drug-likeness (QED) is 0.809. The van der Waals surface area contributed by atoms with Crippen molar-refractivity contribution in [3.8, 4) is 0 Å². The van der Waals surface area contributed by atoms with E-state index >= 15 is 0 Å². The summed E-state index contributed by atoms with van der Waals surface area (Å²) in [5.41, 5.74) is 1.14. The van der Waals surface area contributed by atoms with Crippen LogP contribution in [0.25, 0.3) is 0 Å². The molecule has 0 fully saturated rings. The smallest absolute Gasteiger partial charge is 0.0502 e. The van der Waals surface area contributed by atoms with E-state index in [1.165, 1.54) is 0 Å². The van der Waals surface area contributed by atoms with Crippen molar-refractivity contribution < 1.29 is 5.11 Å². The van der Waals surface area contributed by atoms with Crippen LogP contribution < -0.4 is 0 Å². The molecular formula is C13H19ClO. The molecule has 0 aliphatic carbocycles. The van der Waals surface area contributed by atoms with Crippen LogP contribution in [0.2, 0.25) is 5.02 Å². The molecule has 15 heavy (non-hydrogen) atoms. The van der Waals surface area contributed by atoms with Crippen LogP contribution in [-0.4, -0.2) is 11.7 Å². The third-order valence-electron chi connectivity index (χ3n) is 2.90. The predicted octanol–water partition coefficient (Wildman–Crippen LogP) is 3.85. The standard InChI is InChI=1S/C13H19ClO/c1-3-5-10(2)13(9-15)11-6-4-7-12(14)8-11/h4,6-8,10,13,15H,3,5,9H2,1-2H3. The zero-order chi connectivity index (χ0) is 11.3. The molecule has 0 heterocycles. The molecule has 1 aromatic carbocycles. The van der Waals surface area contributed by atoms with Gasteiger partial charge in [-0.25, -0.2) is 0 Å². The normalized spacial score (nSPS) is 14.9. The van der Waals surface area contributed by atoms with E-state index in [2.05, 4.69) is 13.8 Å². The minimum atomic E-state index is 0.196. The Bertz CT molecular complexity index is 298. The summed E-state index contributed by atoms with van der Waals surface area (Å²) < 4.78 is 0. The number of hydrogen-bond acceptors (Lipinski definition) is 1. The Balaban J connectivity index is 2.82. The van der Waals surface area contributed by atoms with E-state index < -0.39 is 0 Å². The van der Waals surface area contributed by atoms with E-state index in [1.54, 1.807) is 0 Å². The largest absolute Gasteiger partial charge is 0.396 e. The third kappa shape index (κ3) is 3.51. The molecule has 1 N–H and O–H groups in total. The summed E-state index contributed by atoms with van der Waals surface area (Å²) in [6.07, 6.45) is 2.29. The molecule has 1 nitrogen and oxygen atoms in total. The highest BCUT2D eigenvalue weighted by Crippen LogP contribution is 2.28. The van der Waals surface area contributed by atoms with Gasteiger partial charge < -0.3 is 5.11 Å². The van der Waals surface area contributed by atoms with Gasteiger partial charge in [0.25, 0.3) is 0 Å². The van der Waals surface area contributed by atoms with Crippen molar-refractivity contribution in [3.63, 3.8) is 0 Å². The van der Waals surface area contributed by atoms with Gasteiger partial charge in [-0.1, -0.05) is 50.4 Å². The fourth-order valence-corrected chi connectivity index (χ4v) is 2.21. The number of aliphatic hydroxyl groups excluding tert-OH is 1. The summed E-state index contributed by atoms with van der Waals surface area (Å²) in [6, 6.07) is 7.80. The number of rotatable bonds is 5.